The molecule has 0 saturated carbocycles. The SMILES string of the molecule is c1cnc2ccc(-c3nc4ccc(-c5ccc(-c6cccc7c6oc6ccccc67)c6ccccc56)cc4o3)cc2c1. The number of nitrogens with zero attached hydrogens (tertiary/aromatic N) is 2. The molecule has 42 heavy (non-hydrogen) atoms. The number of aromatic nitrogens is 2. The van der Waals surface area contributed by atoms with Gasteiger partial charge in [-0.1, -0.05) is 84.9 Å². The van der Waals surface area contributed by atoms with Crippen molar-refractivity contribution in [1.29, 1.82) is 0 Å². The summed E-state index contributed by atoms with van der Waals surface area (Å²) in [7, 11) is 0. The quantitative estimate of drug-likeness (QED) is 0.224. The number of furan rings is 1. The van der Waals surface area contributed by atoms with Gasteiger partial charge in [0.2, 0.25) is 5.89 Å². The molecule has 6 aromatic carbocycles. The van der Waals surface area contributed by atoms with Gasteiger partial charge in [-0.15, -0.1) is 0 Å². The Bertz CT molecular complexity index is 2480. The smallest absolute Gasteiger partial charge is 0.227 e. The van der Waals surface area contributed by atoms with Crippen molar-refractivity contribution in [3.05, 3.63) is 134 Å². The van der Waals surface area contributed by atoms with E-state index in [-0.39, 0.29) is 0 Å². The fourth-order valence-electron chi connectivity index (χ4n) is 6.17. The van der Waals surface area contributed by atoms with Gasteiger partial charge in [0.05, 0.1) is 5.52 Å². The Morgan fingerprint density at radius 3 is 2.14 bits per heavy atom. The summed E-state index contributed by atoms with van der Waals surface area (Å²) in [6.07, 6.45) is 1.80. The van der Waals surface area contributed by atoms with E-state index in [1.807, 2.05) is 36.4 Å². The van der Waals surface area contributed by atoms with Crippen molar-refractivity contribution in [3.63, 3.8) is 0 Å². The lowest BCUT2D eigenvalue weighted by Gasteiger charge is -2.12. The van der Waals surface area contributed by atoms with Crippen LogP contribution in [0.3, 0.4) is 0 Å². The second kappa shape index (κ2) is 8.88. The van der Waals surface area contributed by atoms with Crippen LogP contribution in [0.5, 0.6) is 0 Å². The van der Waals surface area contributed by atoms with Gasteiger partial charge in [-0.2, -0.15) is 0 Å². The van der Waals surface area contributed by atoms with Crippen LogP contribution >= 0.6 is 0 Å². The van der Waals surface area contributed by atoms with Crippen LogP contribution in [0.4, 0.5) is 0 Å². The Balaban J connectivity index is 1.18. The molecule has 0 radical (unpaired) electrons. The van der Waals surface area contributed by atoms with Crippen molar-refractivity contribution < 1.29 is 8.83 Å². The highest BCUT2D eigenvalue weighted by Gasteiger charge is 2.16. The molecule has 3 aromatic heterocycles. The first-order valence-electron chi connectivity index (χ1n) is 14.0. The van der Waals surface area contributed by atoms with Crippen LogP contribution in [-0.4, -0.2) is 9.97 Å². The number of rotatable bonds is 3. The summed E-state index contributed by atoms with van der Waals surface area (Å²) in [4.78, 5) is 9.21. The number of oxazole rings is 1. The zero-order valence-corrected chi connectivity index (χ0v) is 22.4. The average molecular weight is 539 g/mol. The molecule has 0 spiro atoms. The van der Waals surface area contributed by atoms with Gasteiger partial charge in [-0.3, -0.25) is 4.98 Å². The van der Waals surface area contributed by atoms with E-state index >= 15 is 0 Å². The maximum Gasteiger partial charge on any atom is 0.227 e. The van der Waals surface area contributed by atoms with E-state index in [1.165, 1.54) is 10.8 Å². The van der Waals surface area contributed by atoms with E-state index in [2.05, 4.69) is 96.0 Å². The van der Waals surface area contributed by atoms with Crippen molar-refractivity contribution in [2.75, 3.05) is 0 Å². The molecule has 9 rings (SSSR count). The zero-order valence-electron chi connectivity index (χ0n) is 22.4. The van der Waals surface area contributed by atoms with E-state index in [9.17, 15) is 0 Å². The van der Waals surface area contributed by atoms with E-state index in [0.717, 1.165) is 71.8 Å². The number of hydrogen-bond acceptors (Lipinski definition) is 4. The molecule has 4 nitrogen and oxygen atoms in total. The van der Waals surface area contributed by atoms with Gasteiger partial charge < -0.3 is 8.83 Å². The van der Waals surface area contributed by atoms with Crippen LogP contribution in [0.15, 0.2) is 142 Å². The maximum absolute atomic E-state index is 6.39. The highest BCUT2D eigenvalue weighted by molar-refractivity contribution is 6.13. The summed E-state index contributed by atoms with van der Waals surface area (Å²) in [5.41, 5.74) is 9.75. The van der Waals surface area contributed by atoms with Crippen LogP contribution < -0.4 is 0 Å². The Labute approximate surface area is 240 Å². The largest absolute Gasteiger partial charge is 0.455 e. The molecule has 0 bridgehead atoms. The number of benzene rings is 6. The highest BCUT2D eigenvalue weighted by Crippen LogP contribution is 2.41. The molecular weight excluding hydrogens is 516 g/mol. The molecule has 0 aliphatic heterocycles. The molecule has 9 aromatic rings. The van der Waals surface area contributed by atoms with Gasteiger partial charge in [-0.25, -0.2) is 4.98 Å². The minimum atomic E-state index is 0.604. The van der Waals surface area contributed by atoms with E-state index in [4.69, 9.17) is 13.8 Å². The second-order valence-electron chi connectivity index (χ2n) is 10.6. The average Bonchev–Trinajstić information content (AvgIpc) is 3.65. The van der Waals surface area contributed by atoms with Crippen LogP contribution in [0.2, 0.25) is 0 Å². The standard InChI is InChI=1S/C38H22N2O2/c1-2-9-28-27(8-1)26(16-17-29(28)31-11-5-12-32-30-10-3-4-13-35(30)41-37(31)32)23-14-19-34-36(22-23)42-38(40-34)25-15-18-33-24(21-25)7-6-20-39-33/h1-22H. The number of pyridine rings is 1. The fourth-order valence-corrected chi connectivity index (χ4v) is 6.17. The fraction of sp³-hybridized carbons (Fsp3) is 0. The van der Waals surface area contributed by atoms with Gasteiger partial charge in [0.15, 0.2) is 5.58 Å². The third-order valence-electron chi connectivity index (χ3n) is 8.17. The van der Waals surface area contributed by atoms with Gasteiger partial charge >= 0.3 is 0 Å². The van der Waals surface area contributed by atoms with Crippen molar-refractivity contribution in [3.8, 4) is 33.7 Å². The first-order valence-corrected chi connectivity index (χ1v) is 14.0. The van der Waals surface area contributed by atoms with Crippen LogP contribution in [0, 0.1) is 0 Å². The third-order valence-corrected chi connectivity index (χ3v) is 8.17. The Morgan fingerprint density at radius 2 is 1.21 bits per heavy atom. The Morgan fingerprint density at radius 1 is 0.452 bits per heavy atom. The molecule has 0 aliphatic rings. The molecule has 0 atom stereocenters. The van der Waals surface area contributed by atoms with Crippen LogP contribution in [-0.2, 0) is 0 Å². The minimum Gasteiger partial charge on any atom is -0.455 e. The first kappa shape index (κ1) is 23.0. The summed E-state index contributed by atoms with van der Waals surface area (Å²) >= 11 is 0. The van der Waals surface area contributed by atoms with Crippen LogP contribution in [0.1, 0.15) is 0 Å². The van der Waals surface area contributed by atoms with Gasteiger partial charge in [0, 0.05) is 33.5 Å². The first-order chi connectivity index (χ1) is 20.8. The van der Waals surface area contributed by atoms with Gasteiger partial charge in [0.25, 0.3) is 0 Å². The molecule has 196 valence electrons. The molecule has 0 amide bonds. The predicted octanol–water partition coefficient (Wildman–Crippen LogP) is 10.4. The summed E-state index contributed by atoms with van der Waals surface area (Å²) < 4.78 is 12.7. The minimum absolute atomic E-state index is 0.604. The number of hydrogen-bond donors (Lipinski definition) is 0. The third kappa shape index (κ3) is 3.49. The van der Waals surface area contributed by atoms with Gasteiger partial charge in [0.1, 0.15) is 16.7 Å². The summed E-state index contributed by atoms with van der Waals surface area (Å²) in [6.45, 7) is 0. The number of fused-ring (bicyclic) bond motifs is 6. The predicted molar refractivity (Wildman–Crippen MR) is 170 cm³/mol. The Hall–Kier alpha value is -5.74. The summed E-state index contributed by atoms with van der Waals surface area (Å²) in [5, 5.41) is 5.67. The summed E-state index contributed by atoms with van der Waals surface area (Å²) in [6, 6.07) is 43.9. The van der Waals surface area contributed by atoms with Gasteiger partial charge in [-0.05, 0) is 69.9 Å². The molecule has 0 fully saturated rings. The summed E-state index contributed by atoms with van der Waals surface area (Å²) in [5.74, 6) is 0.604. The monoisotopic (exact) mass is 538 g/mol. The van der Waals surface area contributed by atoms with Crippen molar-refractivity contribution in [2.45, 2.75) is 0 Å². The molecule has 4 heteroatoms. The van der Waals surface area contributed by atoms with Crippen LogP contribution in [0.25, 0.3) is 88.4 Å². The maximum atomic E-state index is 6.39. The highest BCUT2D eigenvalue weighted by atomic mass is 16.3. The molecule has 0 aliphatic carbocycles. The van der Waals surface area contributed by atoms with Crippen molar-refractivity contribution in [1.82, 2.24) is 9.97 Å². The van der Waals surface area contributed by atoms with Crippen molar-refractivity contribution in [2.24, 2.45) is 0 Å². The van der Waals surface area contributed by atoms with E-state index < -0.39 is 0 Å². The Kier molecular flexibility index (Phi) is 4.87. The zero-order chi connectivity index (χ0) is 27.6. The molecule has 0 saturated heterocycles. The van der Waals surface area contributed by atoms with E-state index in [1.54, 1.807) is 6.20 Å². The number of para-hydroxylation sites is 2. The molecule has 3 heterocycles. The van der Waals surface area contributed by atoms with E-state index in [0.29, 0.717) is 5.89 Å². The molecule has 0 unspecified atom stereocenters. The lowest BCUT2D eigenvalue weighted by molar-refractivity contribution is 0.620. The van der Waals surface area contributed by atoms with Crippen molar-refractivity contribution >= 4 is 54.7 Å². The second-order valence-corrected chi connectivity index (χ2v) is 10.6. The lowest BCUT2D eigenvalue weighted by atomic mass is 9.91. The molecule has 0 N–H and O–H groups in total. The lowest BCUT2D eigenvalue weighted by Crippen LogP contribution is -1.87. The topological polar surface area (TPSA) is 52.1 Å². The molecular formula is C38H22N2O2. The normalized spacial score (nSPS) is 11.8.